The molecule has 0 spiro atoms. The Morgan fingerprint density at radius 1 is 1.16 bits per heavy atom. The third-order valence-corrected chi connectivity index (χ3v) is 6.46. The van der Waals surface area contributed by atoms with E-state index in [1.54, 1.807) is 50.2 Å². The van der Waals surface area contributed by atoms with Crippen molar-refractivity contribution in [2.75, 3.05) is 0 Å². The number of nitro benzene ring substituents is 1. The number of amides is 2. The van der Waals surface area contributed by atoms with E-state index in [0.29, 0.717) is 33.2 Å². The Balaban J connectivity index is 1.59. The third-order valence-electron chi connectivity index (χ3n) is 5.18. The lowest BCUT2D eigenvalue weighted by Gasteiger charge is -2.13. The Morgan fingerprint density at radius 3 is 2.62 bits per heavy atom. The largest absolute Gasteiger partial charge is 0.457 e. The first-order valence-corrected chi connectivity index (χ1v) is 10.8. The van der Waals surface area contributed by atoms with E-state index in [0.717, 1.165) is 22.2 Å². The van der Waals surface area contributed by atoms with Gasteiger partial charge in [0.25, 0.3) is 16.8 Å². The lowest BCUT2D eigenvalue weighted by molar-refractivity contribution is -0.385. The number of carbonyl (C=O) groups is 2. The summed E-state index contributed by atoms with van der Waals surface area (Å²) in [5, 5.41) is 11.4. The van der Waals surface area contributed by atoms with Crippen molar-refractivity contribution in [1.29, 1.82) is 0 Å². The number of imide groups is 1. The molecule has 1 aliphatic rings. The molecule has 4 rings (SSSR count). The summed E-state index contributed by atoms with van der Waals surface area (Å²) in [6.45, 7) is 3.58. The second-order valence-corrected chi connectivity index (χ2v) is 8.66. The van der Waals surface area contributed by atoms with Crippen LogP contribution in [-0.2, 0) is 11.3 Å². The first-order valence-electron chi connectivity index (χ1n) is 9.59. The van der Waals surface area contributed by atoms with Gasteiger partial charge >= 0.3 is 0 Å². The molecule has 0 N–H and O–H groups in total. The first kappa shape index (κ1) is 21.9. The summed E-state index contributed by atoms with van der Waals surface area (Å²) in [6, 6.07) is 13.6. The summed E-state index contributed by atoms with van der Waals surface area (Å²) in [5.74, 6) is 0.363. The molecular formula is C23H17ClN2O5S. The van der Waals surface area contributed by atoms with Gasteiger partial charge in [0.1, 0.15) is 11.5 Å². The maximum atomic E-state index is 12.8. The van der Waals surface area contributed by atoms with Crippen LogP contribution in [0.4, 0.5) is 10.5 Å². The highest BCUT2D eigenvalue weighted by Crippen LogP contribution is 2.36. The Morgan fingerprint density at radius 2 is 1.91 bits per heavy atom. The Kier molecular flexibility index (Phi) is 5.90. The van der Waals surface area contributed by atoms with Gasteiger partial charge in [0.05, 0.1) is 16.4 Å². The smallest absolute Gasteiger partial charge is 0.293 e. The molecule has 2 aromatic carbocycles. The predicted molar refractivity (Wildman–Crippen MR) is 123 cm³/mol. The number of thioether (sulfide) groups is 1. The van der Waals surface area contributed by atoms with Crippen LogP contribution in [0.3, 0.4) is 0 Å². The van der Waals surface area contributed by atoms with E-state index >= 15 is 0 Å². The van der Waals surface area contributed by atoms with Gasteiger partial charge in [-0.05, 0) is 61.0 Å². The van der Waals surface area contributed by atoms with Crippen molar-refractivity contribution < 1.29 is 18.9 Å². The number of aryl methyl sites for hydroxylation is 1. The van der Waals surface area contributed by atoms with E-state index in [1.807, 2.05) is 6.07 Å². The molecule has 2 amide bonds. The van der Waals surface area contributed by atoms with E-state index in [1.165, 1.54) is 12.1 Å². The molecule has 162 valence electrons. The molecule has 1 fully saturated rings. The van der Waals surface area contributed by atoms with E-state index < -0.39 is 16.1 Å². The second-order valence-electron chi connectivity index (χ2n) is 7.26. The number of rotatable bonds is 5. The molecule has 0 aliphatic carbocycles. The zero-order valence-electron chi connectivity index (χ0n) is 17.1. The van der Waals surface area contributed by atoms with Gasteiger partial charge in [-0.3, -0.25) is 24.6 Å². The van der Waals surface area contributed by atoms with Crippen LogP contribution in [0.1, 0.15) is 22.5 Å². The molecule has 9 heteroatoms. The van der Waals surface area contributed by atoms with Crippen LogP contribution in [-0.4, -0.2) is 21.0 Å². The van der Waals surface area contributed by atoms with Gasteiger partial charge < -0.3 is 4.42 Å². The normalized spacial score (nSPS) is 15.1. The molecule has 0 atom stereocenters. The van der Waals surface area contributed by atoms with Crippen LogP contribution in [0.2, 0.25) is 5.02 Å². The average molecular weight is 469 g/mol. The Labute approximate surface area is 192 Å². The molecule has 0 radical (unpaired) electrons. The lowest BCUT2D eigenvalue weighted by atomic mass is 10.0. The van der Waals surface area contributed by atoms with Gasteiger partial charge in [-0.1, -0.05) is 29.8 Å². The minimum atomic E-state index is -0.431. The minimum Gasteiger partial charge on any atom is -0.457 e. The second kappa shape index (κ2) is 8.64. The molecule has 7 nitrogen and oxygen atoms in total. The lowest BCUT2D eigenvalue weighted by Crippen LogP contribution is -2.27. The van der Waals surface area contributed by atoms with Crippen molar-refractivity contribution in [3.05, 3.63) is 91.0 Å². The Bertz CT molecular complexity index is 1300. The molecule has 0 unspecified atom stereocenters. The van der Waals surface area contributed by atoms with Crippen molar-refractivity contribution in [1.82, 2.24) is 4.90 Å². The molecule has 1 saturated heterocycles. The molecular weight excluding hydrogens is 452 g/mol. The van der Waals surface area contributed by atoms with E-state index in [-0.39, 0.29) is 17.1 Å². The van der Waals surface area contributed by atoms with Crippen molar-refractivity contribution in [2.24, 2.45) is 0 Å². The van der Waals surface area contributed by atoms with E-state index in [9.17, 15) is 19.7 Å². The molecule has 32 heavy (non-hydrogen) atoms. The minimum absolute atomic E-state index is 0.0126. The fourth-order valence-corrected chi connectivity index (χ4v) is 4.33. The summed E-state index contributed by atoms with van der Waals surface area (Å²) in [7, 11) is 0. The van der Waals surface area contributed by atoms with Crippen LogP contribution in [0, 0.1) is 24.0 Å². The summed E-state index contributed by atoms with van der Waals surface area (Å²) in [5.41, 5.74) is 2.62. The highest BCUT2D eigenvalue weighted by molar-refractivity contribution is 8.18. The summed E-state index contributed by atoms with van der Waals surface area (Å²) in [4.78, 5) is 37.4. The number of hydrogen-bond donors (Lipinski definition) is 0. The summed E-state index contributed by atoms with van der Waals surface area (Å²) >= 11 is 6.97. The topological polar surface area (TPSA) is 93.7 Å². The zero-order chi connectivity index (χ0) is 23.0. The number of benzene rings is 2. The monoisotopic (exact) mass is 468 g/mol. The maximum absolute atomic E-state index is 12.8. The SMILES string of the molecule is Cc1cc(-c2ccc(/C=C3/SC(=O)N(Cc4ccccc4Cl)C3=O)o2)cc([N+](=O)[O-])c1C. The number of nitro groups is 1. The maximum Gasteiger partial charge on any atom is 0.293 e. The average Bonchev–Trinajstić information content (AvgIpc) is 3.31. The zero-order valence-corrected chi connectivity index (χ0v) is 18.7. The van der Waals surface area contributed by atoms with Gasteiger partial charge in [-0.25, -0.2) is 0 Å². The van der Waals surface area contributed by atoms with Crippen molar-refractivity contribution >= 4 is 46.3 Å². The number of carbonyl (C=O) groups excluding carboxylic acids is 2. The fourth-order valence-electron chi connectivity index (χ4n) is 3.32. The van der Waals surface area contributed by atoms with Gasteiger partial charge in [-0.15, -0.1) is 0 Å². The van der Waals surface area contributed by atoms with Gasteiger partial charge in [-0.2, -0.15) is 0 Å². The van der Waals surface area contributed by atoms with Gasteiger partial charge in [0, 0.05) is 28.3 Å². The molecule has 1 aliphatic heterocycles. The van der Waals surface area contributed by atoms with Crippen LogP contribution >= 0.6 is 23.4 Å². The number of furan rings is 1. The van der Waals surface area contributed by atoms with Gasteiger partial charge in [0.15, 0.2) is 0 Å². The van der Waals surface area contributed by atoms with Crippen LogP contribution in [0.15, 0.2) is 57.9 Å². The third kappa shape index (κ3) is 4.19. The quantitative estimate of drug-likeness (QED) is 0.245. The standard InChI is InChI=1S/C23H17ClN2O5S/c1-13-9-16(10-19(14(13)2)26(29)30)20-8-7-17(31-20)11-21-22(27)25(23(28)32-21)12-15-5-3-4-6-18(15)24/h3-11H,12H2,1-2H3/b21-11+. The fraction of sp³-hybridized carbons (Fsp3) is 0.130. The van der Waals surface area contributed by atoms with Crippen LogP contribution in [0.25, 0.3) is 17.4 Å². The molecule has 0 saturated carbocycles. The van der Waals surface area contributed by atoms with Crippen LogP contribution < -0.4 is 0 Å². The van der Waals surface area contributed by atoms with Crippen molar-refractivity contribution in [3.8, 4) is 11.3 Å². The number of hydrogen-bond acceptors (Lipinski definition) is 6. The molecule has 1 aromatic heterocycles. The Hall–Kier alpha value is -3.36. The summed E-state index contributed by atoms with van der Waals surface area (Å²) in [6.07, 6.45) is 1.50. The van der Waals surface area contributed by atoms with Crippen molar-refractivity contribution in [3.63, 3.8) is 0 Å². The van der Waals surface area contributed by atoms with E-state index in [4.69, 9.17) is 16.0 Å². The molecule has 0 bridgehead atoms. The molecule has 3 aromatic rings. The first-order chi connectivity index (χ1) is 15.2. The van der Waals surface area contributed by atoms with E-state index in [2.05, 4.69) is 0 Å². The predicted octanol–water partition coefficient (Wildman–Crippen LogP) is 6.36. The summed E-state index contributed by atoms with van der Waals surface area (Å²) < 4.78 is 5.80. The molecule has 2 heterocycles. The number of nitrogens with zero attached hydrogens (tertiary/aromatic N) is 2. The van der Waals surface area contributed by atoms with Gasteiger partial charge in [0.2, 0.25) is 0 Å². The van der Waals surface area contributed by atoms with Crippen LogP contribution in [0.5, 0.6) is 0 Å². The van der Waals surface area contributed by atoms with Crippen molar-refractivity contribution in [2.45, 2.75) is 20.4 Å². The highest BCUT2D eigenvalue weighted by atomic mass is 35.5. The highest BCUT2D eigenvalue weighted by Gasteiger charge is 2.35. The number of halogens is 1.